The molecule has 1 unspecified atom stereocenters. The second-order valence-corrected chi connectivity index (χ2v) is 4.74. The number of hydrogen-bond donors (Lipinski definition) is 2. The van der Waals surface area contributed by atoms with Crippen LogP contribution in [0.2, 0.25) is 0 Å². The summed E-state index contributed by atoms with van der Waals surface area (Å²) in [5.74, 6) is -0.0811. The zero-order chi connectivity index (χ0) is 13.0. The molecule has 0 aliphatic heterocycles. The van der Waals surface area contributed by atoms with Crippen molar-refractivity contribution in [1.29, 1.82) is 0 Å². The Morgan fingerprint density at radius 3 is 2.76 bits per heavy atom. The lowest BCUT2D eigenvalue weighted by Crippen LogP contribution is -2.13. The Hall–Kier alpha value is -1.07. The van der Waals surface area contributed by atoms with Gasteiger partial charge in [-0.1, -0.05) is 0 Å². The predicted molar refractivity (Wildman–Crippen MR) is 69.2 cm³/mol. The number of aryl methyl sites for hydroxylation is 1. The molecule has 0 fully saturated rings. The van der Waals surface area contributed by atoms with Crippen molar-refractivity contribution in [3.05, 3.63) is 27.7 Å². The molecule has 0 amide bonds. The smallest absolute Gasteiger partial charge is 0.303 e. The molecule has 4 nitrogen and oxygen atoms in total. The van der Waals surface area contributed by atoms with Gasteiger partial charge in [-0.15, -0.1) is 0 Å². The van der Waals surface area contributed by atoms with Crippen molar-refractivity contribution < 1.29 is 14.6 Å². The van der Waals surface area contributed by atoms with E-state index in [2.05, 4.69) is 15.9 Å². The van der Waals surface area contributed by atoms with E-state index in [0.29, 0.717) is 6.42 Å². The average Bonchev–Trinajstić information content (AvgIpc) is 2.28. The molecule has 0 aliphatic carbocycles. The van der Waals surface area contributed by atoms with E-state index < -0.39 is 5.97 Å². The van der Waals surface area contributed by atoms with Gasteiger partial charge in [-0.05, 0) is 52.5 Å². The fraction of sp³-hybridized carbons (Fsp3) is 0.417. The molecule has 5 heteroatoms. The first-order valence-corrected chi connectivity index (χ1v) is 6.06. The summed E-state index contributed by atoms with van der Waals surface area (Å²) in [7, 11) is 1.60. The number of carboxylic acids is 1. The van der Waals surface area contributed by atoms with Gasteiger partial charge in [0.25, 0.3) is 0 Å². The number of ether oxygens (including phenoxy) is 1. The number of rotatable bonds is 5. The molecule has 3 N–H and O–H groups in total. The zero-order valence-corrected chi connectivity index (χ0v) is 11.5. The number of carbonyl (C=O) groups is 1. The molecule has 0 spiro atoms. The molecular weight excluding hydrogens is 286 g/mol. The van der Waals surface area contributed by atoms with E-state index in [1.54, 1.807) is 7.11 Å². The first kappa shape index (κ1) is 14.0. The van der Waals surface area contributed by atoms with E-state index in [4.69, 9.17) is 15.6 Å². The number of nitrogens with two attached hydrogens (primary N) is 1. The van der Waals surface area contributed by atoms with Crippen molar-refractivity contribution >= 4 is 21.9 Å². The molecule has 17 heavy (non-hydrogen) atoms. The normalized spacial score (nSPS) is 12.2. The van der Waals surface area contributed by atoms with E-state index in [0.717, 1.165) is 21.3 Å². The van der Waals surface area contributed by atoms with E-state index in [1.165, 1.54) is 0 Å². The van der Waals surface area contributed by atoms with Crippen LogP contribution in [0.1, 0.15) is 30.0 Å². The SMILES string of the molecule is COc1cc(C)c(C(N)CCC(=O)O)cc1Br. The summed E-state index contributed by atoms with van der Waals surface area (Å²) in [6.45, 7) is 1.94. The minimum atomic E-state index is -0.828. The highest BCUT2D eigenvalue weighted by Gasteiger charge is 2.13. The Morgan fingerprint density at radius 1 is 1.59 bits per heavy atom. The molecule has 1 aromatic rings. The fourth-order valence-electron chi connectivity index (χ4n) is 1.66. The second kappa shape index (κ2) is 6.02. The van der Waals surface area contributed by atoms with Gasteiger partial charge in [-0.3, -0.25) is 4.79 Å². The van der Waals surface area contributed by atoms with Crippen LogP contribution in [0, 0.1) is 6.92 Å². The monoisotopic (exact) mass is 301 g/mol. The lowest BCUT2D eigenvalue weighted by molar-refractivity contribution is -0.137. The third-order valence-electron chi connectivity index (χ3n) is 2.61. The number of aliphatic carboxylic acids is 1. The van der Waals surface area contributed by atoms with E-state index >= 15 is 0 Å². The van der Waals surface area contributed by atoms with Gasteiger partial charge in [0.1, 0.15) is 5.75 Å². The third-order valence-corrected chi connectivity index (χ3v) is 3.23. The maximum absolute atomic E-state index is 10.5. The van der Waals surface area contributed by atoms with Crippen molar-refractivity contribution in [2.24, 2.45) is 5.73 Å². The molecule has 1 rings (SSSR count). The van der Waals surface area contributed by atoms with Crippen LogP contribution in [0.5, 0.6) is 5.75 Å². The standard InChI is InChI=1S/C12H16BrNO3/c1-7-5-11(17-2)9(13)6-8(7)10(14)3-4-12(15)16/h5-6,10H,3-4,14H2,1-2H3,(H,15,16). The summed E-state index contributed by atoms with van der Waals surface area (Å²) < 4.78 is 6.00. The topological polar surface area (TPSA) is 72.5 Å². The van der Waals surface area contributed by atoms with E-state index in [9.17, 15) is 4.79 Å². The Kier molecular flexibility index (Phi) is 4.96. The van der Waals surface area contributed by atoms with Gasteiger partial charge in [0.05, 0.1) is 11.6 Å². The number of hydrogen-bond acceptors (Lipinski definition) is 3. The number of carboxylic acid groups (broad SMARTS) is 1. The highest BCUT2D eigenvalue weighted by Crippen LogP contribution is 2.31. The van der Waals surface area contributed by atoms with E-state index in [-0.39, 0.29) is 12.5 Å². The maximum Gasteiger partial charge on any atom is 0.303 e. The Bertz CT molecular complexity index is 420. The molecule has 1 atom stereocenters. The van der Waals surface area contributed by atoms with Crippen LogP contribution >= 0.6 is 15.9 Å². The van der Waals surface area contributed by atoms with Gasteiger partial charge in [0.15, 0.2) is 0 Å². The molecule has 0 saturated heterocycles. The first-order chi connectivity index (χ1) is 7.95. The Balaban J connectivity index is 2.90. The zero-order valence-electron chi connectivity index (χ0n) is 9.87. The molecule has 0 bridgehead atoms. The molecule has 94 valence electrons. The molecule has 0 aliphatic rings. The molecule has 0 radical (unpaired) electrons. The quantitative estimate of drug-likeness (QED) is 0.877. The molecule has 0 heterocycles. The second-order valence-electron chi connectivity index (χ2n) is 3.88. The van der Waals surface area contributed by atoms with Gasteiger partial charge in [0.2, 0.25) is 0 Å². The number of benzene rings is 1. The van der Waals surface area contributed by atoms with Crippen molar-refractivity contribution in [3.63, 3.8) is 0 Å². The van der Waals surface area contributed by atoms with Crippen LogP contribution in [-0.2, 0) is 4.79 Å². The number of methoxy groups -OCH3 is 1. The van der Waals surface area contributed by atoms with Crippen molar-refractivity contribution in [2.45, 2.75) is 25.8 Å². The minimum absolute atomic E-state index is 0.0737. The van der Waals surface area contributed by atoms with Crippen molar-refractivity contribution in [1.82, 2.24) is 0 Å². The molecule has 0 saturated carbocycles. The summed E-state index contributed by atoms with van der Waals surface area (Å²) in [5.41, 5.74) is 7.93. The van der Waals surface area contributed by atoms with Gasteiger partial charge in [-0.2, -0.15) is 0 Å². The van der Waals surface area contributed by atoms with Crippen LogP contribution in [-0.4, -0.2) is 18.2 Å². The summed E-state index contributed by atoms with van der Waals surface area (Å²) in [4.78, 5) is 10.5. The van der Waals surface area contributed by atoms with Crippen molar-refractivity contribution in [3.8, 4) is 5.75 Å². The fourth-order valence-corrected chi connectivity index (χ4v) is 2.18. The largest absolute Gasteiger partial charge is 0.496 e. The molecular formula is C12H16BrNO3. The van der Waals surface area contributed by atoms with Crippen LogP contribution in [0.3, 0.4) is 0 Å². The minimum Gasteiger partial charge on any atom is -0.496 e. The van der Waals surface area contributed by atoms with Gasteiger partial charge >= 0.3 is 5.97 Å². The highest BCUT2D eigenvalue weighted by molar-refractivity contribution is 9.10. The van der Waals surface area contributed by atoms with E-state index in [1.807, 2.05) is 19.1 Å². The average molecular weight is 302 g/mol. The first-order valence-electron chi connectivity index (χ1n) is 5.27. The Labute approximate surface area is 109 Å². The molecule has 0 aromatic heterocycles. The summed E-state index contributed by atoms with van der Waals surface area (Å²) in [5, 5.41) is 8.63. The lowest BCUT2D eigenvalue weighted by atomic mass is 9.98. The van der Waals surface area contributed by atoms with Crippen molar-refractivity contribution in [2.75, 3.05) is 7.11 Å². The molecule has 1 aromatic carbocycles. The predicted octanol–water partition coefficient (Wildman–Crippen LogP) is 2.63. The van der Waals surface area contributed by atoms with Crippen LogP contribution in [0.15, 0.2) is 16.6 Å². The van der Waals surface area contributed by atoms with Crippen LogP contribution < -0.4 is 10.5 Å². The lowest BCUT2D eigenvalue weighted by Gasteiger charge is -2.16. The van der Waals surface area contributed by atoms with Crippen LogP contribution in [0.25, 0.3) is 0 Å². The van der Waals surface area contributed by atoms with Gasteiger partial charge in [-0.25, -0.2) is 0 Å². The summed E-state index contributed by atoms with van der Waals surface area (Å²) >= 11 is 3.39. The van der Waals surface area contributed by atoms with Crippen LogP contribution in [0.4, 0.5) is 0 Å². The number of halogens is 1. The van der Waals surface area contributed by atoms with Gasteiger partial charge in [0, 0.05) is 12.5 Å². The maximum atomic E-state index is 10.5. The third kappa shape index (κ3) is 3.71. The summed E-state index contributed by atoms with van der Waals surface area (Å²) in [6, 6.07) is 3.51. The Morgan fingerprint density at radius 2 is 2.24 bits per heavy atom. The summed E-state index contributed by atoms with van der Waals surface area (Å²) in [6.07, 6.45) is 0.499. The van der Waals surface area contributed by atoms with Gasteiger partial charge < -0.3 is 15.6 Å². The highest BCUT2D eigenvalue weighted by atomic mass is 79.9.